The summed E-state index contributed by atoms with van der Waals surface area (Å²) in [5.41, 5.74) is -0.0397. The van der Waals surface area contributed by atoms with Crippen molar-refractivity contribution >= 4 is 62.8 Å². The van der Waals surface area contributed by atoms with Crippen LogP contribution in [-0.4, -0.2) is 37.3 Å². The molecule has 0 aliphatic carbocycles. The Labute approximate surface area is 167 Å². The minimum atomic E-state index is -0.611. The van der Waals surface area contributed by atoms with Crippen molar-refractivity contribution in [3.63, 3.8) is 0 Å². The number of amides is 1. The van der Waals surface area contributed by atoms with Gasteiger partial charge in [0.1, 0.15) is 23.4 Å². The summed E-state index contributed by atoms with van der Waals surface area (Å²) in [5, 5.41) is 19.4. The number of rotatable bonds is 2. The van der Waals surface area contributed by atoms with Gasteiger partial charge in [-0.3, -0.25) is 15.0 Å². The van der Waals surface area contributed by atoms with Crippen LogP contribution in [0.1, 0.15) is 19.4 Å². The average molecular weight is 414 g/mol. The van der Waals surface area contributed by atoms with Crippen molar-refractivity contribution in [3.05, 3.63) is 45.8 Å². The zero-order valence-electron chi connectivity index (χ0n) is 14.8. The van der Waals surface area contributed by atoms with E-state index in [1.54, 1.807) is 0 Å². The molecular weight excluding hydrogens is 400 g/mol. The maximum absolute atomic E-state index is 12.7. The second-order valence-corrected chi connectivity index (χ2v) is 8.55. The summed E-state index contributed by atoms with van der Waals surface area (Å²) >= 11 is 2.51. The van der Waals surface area contributed by atoms with Crippen molar-refractivity contribution in [2.75, 3.05) is 0 Å². The van der Waals surface area contributed by atoms with Crippen LogP contribution in [0, 0.1) is 5.41 Å². The number of fused-ring (bicyclic) bond motifs is 2. The molecule has 1 amide bonds. The van der Waals surface area contributed by atoms with Crippen molar-refractivity contribution in [2.24, 2.45) is 9.39 Å². The number of thioether (sulfide) groups is 1. The summed E-state index contributed by atoms with van der Waals surface area (Å²) in [5.74, 6) is -0.717. The standard InChI is InChI=1S/C18H14N4O4S2/c1-8(2)27-18-21-28-17-20-16(25)12(15(19)22(17)18)5-9-7-26-13-6-10(23)3-4-11(13)14(9)24/h3-8,19,23H,1-2H3. The van der Waals surface area contributed by atoms with E-state index >= 15 is 0 Å². The first-order valence-corrected chi connectivity index (χ1v) is 9.90. The molecule has 0 radical (unpaired) electrons. The molecule has 2 aromatic rings. The van der Waals surface area contributed by atoms with Crippen molar-refractivity contribution in [1.82, 2.24) is 4.90 Å². The molecule has 0 atom stereocenters. The number of hydrogen-bond acceptors (Lipinski definition) is 8. The van der Waals surface area contributed by atoms with E-state index < -0.39 is 5.91 Å². The number of carbonyl (C=O) groups is 1. The number of phenolic OH excluding ortho intramolecular Hbond substituents is 1. The molecule has 0 saturated carbocycles. The molecule has 2 N–H and O–H groups in total. The molecule has 0 spiro atoms. The van der Waals surface area contributed by atoms with E-state index in [0.717, 1.165) is 11.9 Å². The number of aliphatic imine (C=N–C) groups is 1. The van der Waals surface area contributed by atoms with E-state index in [2.05, 4.69) is 9.39 Å². The van der Waals surface area contributed by atoms with Crippen LogP contribution < -0.4 is 5.43 Å². The number of carbonyl (C=O) groups excluding carboxylic acids is 1. The van der Waals surface area contributed by atoms with Gasteiger partial charge in [0, 0.05) is 11.3 Å². The Morgan fingerprint density at radius 1 is 1.36 bits per heavy atom. The molecule has 0 fully saturated rings. The lowest BCUT2D eigenvalue weighted by Gasteiger charge is -2.24. The predicted octanol–water partition coefficient (Wildman–Crippen LogP) is 3.22. The highest BCUT2D eigenvalue weighted by Gasteiger charge is 2.37. The fraction of sp³-hybridized carbons (Fsp3) is 0.167. The van der Waals surface area contributed by atoms with Crippen LogP contribution in [0.5, 0.6) is 5.75 Å². The van der Waals surface area contributed by atoms with Gasteiger partial charge in [0.05, 0.1) is 28.5 Å². The van der Waals surface area contributed by atoms with Crippen LogP contribution in [0.4, 0.5) is 0 Å². The van der Waals surface area contributed by atoms with Gasteiger partial charge in [-0.15, -0.1) is 0 Å². The lowest BCUT2D eigenvalue weighted by molar-refractivity contribution is -0.114. The summed E-state index contributed by atoms with van der Waals surface area (Å²) in [6.07, 6.45) is 2.51. The van der Waals surface area contributed by atoms with Crippen LogP contribution in [0.2, 0.25) is 0 Å². The van der Waals surface area contributed by atoms with Crippen LogP contribution in [-0.2, 0) is 4.79 Å². The van der Waals surface area contributed by atoms with Crippen molar-refractivity contribution in [2.45, 2.75) is 19.1 Å². The zero-order valence-corrected chi connectivity index (χ0v) is 16.4. The molecule has 8 nitrogen and oxygen atoms in total. The second-order valence-electron chi connectivity index (χ2n) is 6.27. The highest BCUT2D eigenvalue weighted by atomic mass is 32.2. The Balaban J connectivity index is 1.77. The summed E-state index contributed by atoms with van der Waals surface area (Å²) in [6.45, 7) is 4.00. The summed E-state index contributed by atoms with van der Waals surface area (Å²) < 4.78 is 9.69. The summed E-state index contributed by atoms with van der Waals surface area (Å²) in [7, 11) is 0. The van der Waals surface area contributed by atoms with Crippen molar-refractivity contribution < 1.29 is 14.3 Å². The Kier molecular flexibility index (Phi) is 4.60. The van der Waals surface area contributed by atoms with Gasteiger partial charge in [0.25, 0.3) is 5.91 Å². The number of hydrogen-bond donors (Lipinski definition) is 2. The van der Waals surface area contributed by atoms with Gasteiger partial charge in [0.2, 0.25) is 5.17 Å². The molecule has 4 rings (SSSR count). The van der Waals surface area contributed by atoms with Crippen LogP contribution in [0.3, 0.4) is 0 Å². The lowest BCUT2D eigenvalue weighted by atomic mass is 10.1. The van der Waals surface area contributed by atoms with Crippen LogP contribution in [0.25, 0.3) is 17.0 Å². The SMILES string of the molecule is CC(C)SC1=NSC2=NC(=O)C(=Cc3coc4cc(O)ccc4c3=O)C(=N)N21. The van der Waals surface area contributed by atoms with E-state index in [1.807, 2.05) is 13.8 Å². The first-order chi connectivity index (χ1) is 13.3. The maximum atomic E-state index is 12.7. The Bertz CT molecular complexity index is 1180. The van der Waals surface area contributed by atoms with Crippen molar-refractivity contribution in [3.8, 4) is 5.75 Å². The minimum absolute atomic E-state index is 0.0196. The number of amidine groups is 3. The zero-order chi connectivity index (χ0) is 20.0. The maximum Gasteiger partial charge on any atom is 0.283 e. The number of nitrogens with zero attached hydrogens (tertiary/aromatic N) is 3. The molecule has 142 valence electrons. The van der Waals surface area contributed by atoms with E-state index in [0.29, 0.717) is 10.3 Å². The van der Waals surface area contributed by atoms with Gasteiger partial charge in [-0.1, -0.05) is 25.6 Å². The first kappa shape index (κ1) is 18.5. The monoisotopic (exact) mass is 414 g/mol. The van der Waals surface area contributed by atoms with E-state index in [-0.39, 0.29) is 44.4 Å². The van der Waals surface area contributed by atoms with Gasteiger partial charge in [-0.05, 0) is 18.2 Å². The predicted molar refractivity (Wildman–Crippen MR) is 112 cm³/mol. The molecule has 0 bridgehead atoms. The third-order valence-electron chi connectivity index (χ3n) is 3.92. The molecule has 10 heteroatoms. The molecule has 3 heterocycles. The summed E-state index contributed by atoms with van der Waals surface area (Å²) in [6, 6.07) is 4.17. The number of aromatic hydroxyl groups is 1. The number of phenols is 1. The van der Waals surface area contributed by atoms with E-state index in [9.17, 15) is 14.7 Å². The topological polar surface area (TPSA) is 119 Å². The van der Waals surface area contributed by atoms with Gasteiger partial charge in [-0.2, -0.15) is 9.39 Å². The third kappa shape index (κ3) is 3.14. The van der Waals surface area contributed by atoms with Gasteiger partial charge >= 0.3 is 0 Å². The summed E-state index contributed by atoms with van der Waals surface area (Å²) in [4.78, 5) is 30.7. The molecule has 2 aliphatic heterocycles. The van der Waals surface area contributed by atoms with Gasteiger partial charge < -0.3 is 9.52 Å². The number of benzene rings is 1. The first-order valence-electron chi connectivity index (χ1n) is 8.25. The minimum Gasteiger partial charge on any atom is -0.508 e. The smallest absolute Gasteiger partial charge is 0.283 e. The van der Waals surface area contributed by atoms with Crippen LogP contribution in [0.15, 0.2) is 48.6 Å². The fourth-order valence-electron chi connectivity index (χ4n) is 2.68. The van der Waals surface area contributed by atoms with Crippen molar-refractivity contribution in [1.29, 1.82) is 5.41 Å². The molecule has 1 aromatic carbocycles. The normalized spacial score (nSPS) is 18.1. The third-order valence-corrected chi connectivity index (χ3v) is 5.69. The Morgan fingerprint density at radius 2 is 2.14 bits per heavy atom. The number of nitrogens with one attached hydrogen (secondary N) is 1. The Hall–Kier alpha value is -2.85. The molecule has 28 heavy (non-hydrogen) atoms. The quantitative estimate of drug-likeness (QED) is 0.572. The van der Waals surface area contributed by atoms with Crippen LogP contribution >= 0.6 is 23.7 Å². The molecular formula is C18H14N4O4S2. The molecule has 2 aliphatic rings. The fourth-order valence-corrected chi connectivity index (χ4v) is 4.35. The molecule has 0 unspecified atom stereocenters. The van der Waals surface area contributed by atoms with E-state index in [4.69, 9.17) is 9.83 Å². The highest BCUT2D eigenvalue weighted by molar-refractivity contribution is 8.19. The van der Waals surface area contributed by atoms with Gasteiger partial charge in [0.15, 0.2) is 10.6 Å². The van der Waals surface area contributed by atoms with E-state index in [1.165, 1.54) is 47.2 Å². The largest absolute Gasteiger partial charge is 0.508 e. The lowest BCUT2D eigenvalue weighted by Crippen LogP contribution is -2.42. The molecule has 0 saturated heterocycles. The average Bonchev–Trinajstić information content (AvgIpc) is 3.02. The highest BCUT2D eigenvalue weighted by Crippen LogP contribution is 2.33. The molecule has 1 aromatic heterocycles. The Morgan fingerprint density at radius 3 is 2.89 bits per heavy atom. The van der Waals surface area contributed by atoms with Gasteiger partial charge in [-0.25, -0.2) is 4.90 Å². The second kappa shape index (κ2) is 6.95.